The maximum absolute atomic E-state index is 11.5. The Hall–Kier alpha value is -2.54. The van der Waals surface area contributed by atoms with Crippen molar-refractivity contribution in [3.8, 4) is 0 Å². The summed E-state index contributed by atoms with van der Waals surface area (Å²) in [6, 6.07) is 13.5. The highest BCUT2D eigenvalue weighted by molar-refractivity contribution is 7.98. The molecule has 2 rings (SSSR count). The van der Waals surface area contributed by atoms with Gasteiger partial charge < -0.3 is 9.47 Å². The molecule has 23 heavy (non-hydrogen) atoms. The molecule has 0 heterocycles. The second-order valence-electron chi connectivity index (χ2n) is 4.60. The Labute approximate surface area is 137 Å². The Balaban J connectivity index is 1.77. The number of hydrogen-bond acceptors (Lipinski definition) is 6. The Kier molecular flexibility index (Phi) is 5.99. The Bertz CT molecular complexity index is 670. The van der Waals surface area contributed by atoms with E-state index in [2.05, 4.69) is 0 Å². The Morgan fingerprint density at radius 2 is 1.48 bits per heavy atom. The number of carbonyl (C=O) groups is 1. The highest BCUT2D eigenvalue weighted by Gasteiger charge is 2.07. The van der Waals surface area contributed by atoms with Gasteiger partial charge in [0.25, 0.3) is 5.69 Å². The Morgan fingerprint density at radius 3 is 1.91 bits per heavy atom. The smallest absolute Gasteiger partial charge is 0.429 e. The van der Waals surface area contributed by atoms with Crippen LogP contribution in [0, 0.1) is 10.1 Å². The van der Waals surface area contributed by atoms with E-state index in [0.717, 1.165) is 10.5 Å². The summed E-state index contributed by atoms with van der Waals surface area (Å²) in [5.74, 6) is 0. The molecule has 0 bridgehead atoms. The normalized spacial score (nSPS) is 10.1. The summed E-state index contributed by atoms with van der Waals surface area (Å²) >= 11 is 1.64. The third-order valence-corrected chi connectivity index (χ3v) is 3.76. The minimum atomic E-state index is -0.780. The molecule has 0 radical (unpaired) electrons. The van der Waals surface area contributed by atoms with E-state index in [9.17, 15) is 14.9 Å². The quantitative estimate of drug-likeness (QED) is 0.342. The van der Waals surface area contributed by atoms with E-state index in [1.165, 1.54) is 24.3 Å². The highest BCUT2D eigenvalue weighted by atomic mass is 32.2. The zero-order valence-corrected chi connectivity index (χ0v) is 13.2. The molecule has 0 saturated carbocycles. The molecule has 0 N–H and O–H groups in total. The van der Waals surface area contributed by atoms with E-state index in [1.54, 1.807) is 11.8 Å². The molecular formula is C16H15NO5S. The van der Waals surface area contributed by atoms with Crippen molar-refractivity contribution in [3.05, 3.63) is 69.8 Å². The summed E-state index contributed by atoms with van der Waals surface area (Å²) < 4.78 is 9.97. The number of non-ortho nitro benzene ring substituents is 1. The summed E-state index contributed by atoms with van der Waals surface area (Å²) in [4.78, 5) is 22.7. The summed E-state index contributed by atoms with van der Waals surface area (Å²) in [6.07, 6.45) is 1.21. The van der Waals surface area contributed by atoms with Crippen molar-refractivity contribution in [2.45, 2.75) is 18.1 Å². The van der Waals surface area contributed by atoms with Gasteiger partial charge in [0.15, 0.2) is 0 Å². The lowest BCUT2D eigenvalue weighted by atomic mass is 10.2. The van der Waals surface area contributed by atoms with Crippen molar-refractivity contribution in [2.75, 3.05) is 6.26 Å². The van der Waals surface area contributed by atoms with Gasteiger partial charge in [-0.3, -0.25) is 10.1 Å². The topological polar surface area (TPSA) is 78.7 Å². The first-order chi connectivity index (χ1) is 11.1. The lowest BCUT2D eigenvalue weighted by Gasteiger charge is -2.07. The molecule has 2 aromatic rings. The van der Waals surface area contributed by atoms with Crippen molar-refractivity contribution in [1.82, 2.24) is 0 Å². The fourth-order valence-electron chi connectivity index (χ4n) is 1.76. The number of ether oxygens (including phenoxy) is 2. The number of benzene rings is 2. The fraction of sp³-hybridized carbons (Fsp3) is 0.188. The second-order valence-corrected chi connectivity index (χ2v) is 5.48. The molecule has 0 amide bonds. The van der Waals surface area contributed by atoms with Crippen LogP contribution >= 0.6 is 11.8 Å². The molecule has 120 valence electrons. The van der Waals surface area contributed by atoms with Crippen LogP contribution < -0.4 is 0 Å². The molecule has 0 aliphatic carbocycles. The van der Waals surface area contributed by atoms with Gasteiger partial charge in [-0.05, 0) is 41.6 Å². The van der Waals surface area contributed by atoms with Crippen LogP contribution in [0.25, 0.3) is 0 Å². The van der Waals surface area contributed by atoms with E-state index in [0.29, 0.717) is 5.56 Å². The molecule has 0 unspecified atom stereocenters. The molecule has 0 aliphatic heterocycles. The van der Waals surface area contributed by atoms with E-state index in [4.69, 9.17) is 9.47 Å². The SMILES string of the molecule is CSc1ccc(COC(=O)OCc2ccc([N+](=O)[O-])cc2)cc1. The number of nitrogens with zero attached hydrogens (tertiary/aromatic N) is 1. The van der Waals surface area contributed by atoms with Gasteiger partial charge in [-0.2, -0.15) is 0 Å². The van der Waals surface area contributed by atoms with E-state index in [1.807, 2.05) is 30.5 Å². The minimum Gasteiger partial charge on any atom is -0.429 e. The molecule has 6 nitrogen and oxygen atoms in total. The van der Waals surface area contributed by atoms with Gasteiger partial charge in [-0.1, -0.05) is 12.1 Å². The zero-order chi connectivity index (χ0) is 16.7. The van der Waals surface area contributed by atoms with Crippen LogP contribution in [-0.4, -0.2) is 17.3 Å². The maximum atomic E-state index is 11.5. The predicted octanol–water partition coefficient (Wildman–Crippen LogP) is 4.17. The zero-order valence-electron chi connectivity index (χ0n) is 12.4. The van der Waals surface area contributed by atoms with Gasteiger partial charge in [0.1, 0.15) is 13.2 Å². The van der Waals surface area contributed by atoms with Crippen molar-refractivity contribution >= 4 is 23.6 Å². The molecule has 0 atom stereocenters. The molecule has 0 spiro atoms. The molecular weight excluding hydrogens is 318 g/mol. The first-order valence-electron chi connectivity index (χ1n) is 6.74. The fourth-order valence-corrected chi connectivity index (χ4v) is 2.17. The molecule has 2 aromatic carbocycles. The third-order valence-electron chi connectivity index (χ3n) is 3.02. The van der Waals surface area contributed by atoms with Crippen LogP contribution in [0.15, 0.2) is 53.4 Å². The molecule has 0 saturated heterocycles. The number of nitro benzene ring substituents is 1. The van der Waals surface area contributed by atoms with Gasteiger partial charge in [0.05, 0.1) is 4.92 Å². The van der Waals surface area contributed by atoms with Crippen LogP contribution in [-0.2, 0) is 22.7 Å². The number of rotatable bonds is 6. The first kappa shape index (κ1) is 16.8. The number of nitro groups is 1. The van der Waals surface area contributed by atoms with Crippen molar-refractivity contribution in [3.63, 3.8) is 0 Å². The van der Waals surface area contributed by atoms with Crippen LogP contribution in [0.3, 0.4) is 0 Å². The number of carbonyl (C=O) groups excluding carboxylic acids is 1. The van der Waals surface area contributed by atoms with Gasteiger partial charge in [0, 0.05) is 17.0 Å². The molecule has 0 aromatic heterocycles. The summed E-state index contributed by atoms with van der Waals surface area (Å²) in [5, 5.41) is 10.5. The predicted molar refractivity (Wildman–Crippen MR) is 86.3 cm³/mol. The van der Waals surface area contributed by atoms with Crippen LogP contribution in [0.4, 0.5) is 10.5 Å². The average Bonchev–Trinajstić information content (AvgIpc) is 2.59. The first-order valence-corrected chi connectivity index (χ1v) is 7.97. The largest absolute Gasteiger partial charge is 0.508 e. The van der Waals surface area contributed by atoms with Gasteiger partial charge in [0.2, 0.25) is 0 Å². The van der Waals surface area contributed by atoms with E-state index >= 15 is 0 Å². The Morgan fingerprint density at radius 1 is 1.00 bits per heavy atom. The van der Waals surface area contributed by atoms with Crippen molar-refractivity contribution < 1.29 is 19.2 Å². The van der Waals surface area contributed by atoms with Crippen molar-refractivity contribution in [2.24, 2.45) is 0 Å². The van der Waals surface area contributed by atoms with E-state index < -0.39 is 11.1 Å². The molecule has 0 fully saturated rings. The second kappa shape index (κ2) is 8.19. The number of hydrogen-bond donors (Lipinski definition) is 0. The molecule has 0 aliphatic rings. The third kappa shape index (κ3) is 5.30. The van der Waals surface area contributed by atoms with Crippen LogP contribution in [0.2, 0.25) is 0 Å². The summed E-state index contributed by atoms with van der Waals surface area (Å²) in [6.45, 7) is 0.135. The highest BCUT2D eigenvalue weighted by Crippen LogP contribution is 2.16. The summed E-state index contributed by atoms with van der Waals surface area (Å²) in [5.41, 5.74) is 1.51. The standard InChI is InChI=1S/C16H15NO5S/c1-23-15-8-4-13(5-9-15)11-22-16(18)21-10-12-2-6-14(7-3-12)17(19)20/h2-9H,10-11H2,1H3. The van der Waals surface area contributed by atoms with Gasteiger partial charge in [-0.15, -0.1) is 11.8 Å². The maximum Gasteiger partial charge on any atom is 0.508 e. The summed E-state index contributed by atoms with van der Waals surface area (Å²) in [7, 11) is 0. The van der Waals surface area contributed by atoms with Crippen LogP contribution in [0.1, 0.15) is 11.1 Å². The van der Waals surface area contributed by atoms with Crippen LogP contribution in [0.5, 0.6) is 0 Å². The lowest BCUT2D eigenvalue weighted by Crippen LogP contribution is -2.07. The van der Waals surface area contributed by atoms with E-state index in [-0.39, 0.29) is 18.9 Å². The number of thioether (sulfide) groups is 1. The minimum absolute atomic E-state index is 0.00222. The van der Waals surface area contributed by atoms with Crippen molar-refractivity contribution in [1.29, 1.82) is 0 Å². The molecule has 7 heteroatoms. The monoisotopic (exact) mass is 333 g/mol. The lowest BCUT2D eigenvalue weighted by molar-refractivity contribution is -0.384. The van der Waals surface area contributed by atoms with Gasteiger partial charge >= 0.3 is 6.16 Å². The average molecular weight is 333 g/mol. The van der Waals surface area contributed by atoms with Gasteiger partial charge in [-0.25, -0.2) is 4.79 Å².